The van der Waals surface area contributed by atoms with E-state index in [4.69, 9.17) is 0 Å². The van der Waals surface area contributed by atoms with E-state index in [1.54, 1.807) is 7.05 Å². The van der Waals surface area contributed by atoms with Gasteiger partial charge < -0.3 is 10.2 Å². The van der Waals surface area contributed by atoms with E-state index in [2.05, 4.69) is 18.6 Å². The second kappa shape index (κ2) is 5.34. The van der Waals surface area contributed by atoms with E-state index in [1.165, 1.54) is 23.9 Å². The maximum absolute atomic E-state index is 9.30. The predicted molar refractivity (Wildman–Crippen MR) is 64.2 cm³/mol. The molecule has 0 unspecified atom stereocenters. The highest BCUT2D eigenvalue weighted by Gasteiger charge is 2.27. The lowest BCUT2D eigenvalue weighted by atomic mass is 9.75. The van der Waals surface area contributed by atoms with E-state index in [0.29, 0.717) is 10.3 Å². The molecule has 15 heavy (non-hydrogen) atoms. The minimum absolute atomic E-state index is 0.294. The molecule has 0 aliphatic heterocycles. The molecule has 1 saturated carbocycles. The van der Waals surface area contributed by atoms with Crippen molar-refractivity contribution in [3.05, 3.63) is 10.5 Å². The first-order chi connectivity index (χ1) is 6.96. The van der Waals surface area contributed by atoms with Crippen molar-refractivity contribution in [1.82, 2.24) is 4.72 Å². The fraction of sp³-hybridized carbons (Fsp3) is 0.818. The second-order valence-electron chi connectivity index (χ2n) is 4.84. The summed E-state index contributed by atoms with van der Waals surface area (Å²) in [6.07, 6.45) is 2.98. The SMILES string of the molecule is CNS/C(=C1\CCCC(C)(C)C1)C(O)O. The first kappa shape index (κ1) is 13.0. The highest BCUT2D eigenvalue weighted by molar-refractivity contribution is 8.01. The van der Waals surface area contributed by atoms with Crippen LogP contribution in [-0.2, 0) is 0 Å². The first-order valence-electron chi connectivity index (χ1n) is 5.38. The molecule has 88 valence electrons. The molecular weight excluding hydrogens is 210 g/mol. The molecule has 0 aromatic rings. The van der Waals surface area contributed by atoms with Gasteiger partial charge in [-0.3, -0.25) is 4.72 Å². The van der Waals surface area contributed by atoms with Crippen LogP contribution in [0, 0.1) is 5.41 Å². The number of nitrogens with one attached hydrogen (secondary N) is 1. The number of hydrogen-bond acceptors (Lipinski definition) is 4. The summed E-state index contributed by atoms with van der Waals surface area (Å²) >= 11 is 1.32. The second-order valence-corrected chi connectivity index (χ2v) is 5.89. The number of aliphatic hydroxyl groups is 2. The largest absolute Gasteiger partial charge is 0.364 e. The summed E-state index contributed by atoms with van der Waals surface area (Å²) in [5.41, 5.74) is 1.49. The van der Waals surface area contributed by atoms with Crippen molar-refractivity contribution in [2.24, 2.45) is 5.41 Å². The van der Waals surface area contributed by atoms with Gasteiger partial charge in [-0.1, -0.05) is 19.4 Å². The third kappa shape index (κ3) is 3.79. The molecule has 0 atom stereocenters. The molecule has 0 amide bonds. The van der Waals surface area contributed by atoms with Crippen LogP contribution in [0.4, 0.5) is 0 Å². The lowest BCUT2D eigenvalue weighted by Gasteiger charge is -2.32. The van der Waals surface area contributed by atoms with Crippen LogP contribution in [0.25, 0.3) is 0 Å². The van der Waals surface area contributed by atoms with Gasteiger partial charge in [0.2, 0.25) is 0 Å². The molecule has 4 heteroatoms. The van der Waals surface area contributed by atoms with Crippen LogP contribution in [0.3, 0.4) is 0 Å². The van der Waals surface area contributed by atoms with Crippen molar-refractivity contribution in [1.29, 1.82) is 0 Å². The minimum Gasteiger partial charge on any atom is -0.364 e. The van der Waals surface area contributed by atoms with Crippen LogP contribution in [-0.4, -0.2) is 23.6 Å². The highest BCUT2D eigenvalue weighted by Crippen LogP contribution is 2.41. The van der Waals surface area contributed by atoms with Crippen molar-refractivity contribution in [2.45, 2.75) is 45.8 Å². The van der Waals surface area contributed by atoms with Crippen LogP contribution in [0.2, 0.25) is 0 Å². The maximum Gasteiger partial charge on any atom is 0.185 e. The molecule has 0 spiro atoms. The smallest absolute Gasteiger partial charge is 0.185 e. The lowest BCUT2D eigenvalue weighted by Crippen LogP contribution is -2.21. The van der Waals surface area contributed by atoms with Crippen LogP contribution >= 0.6 is 11.9 Å². The molecule has 1 aliphatic rings. The monoisotopic (exact) mass is 231 g/mol. The van der Waals surface area contributed by atoms with Crippen LogP contribution in [0.5, 0.6) is 0 Å². The van der Waals surface area contributed by atoms with Crippen LogP contribution < -0.4 is 4.72 Å². The average molecular weight is 231 g/mol. The minimum atomic E-state index is -1.34. The molecule has 0 aromatic carbocycles. The number of hydrogen-bond donors (Lipinski definition) is 3. The first-order valence-corrected chi connectivity index (χ1v) is 6.19. The Balaban J connectivity index is 2.84. The van der Waals surface area contributed by atoms with Gasteiger partial charge in [-0.2, -0.15) is 0 Å². The van der Waals surface area contributed by atoms with Crippen molar-refractivity contribution in [3.8, 4) is 0 Å². The van der Waals surface area contributed by atoms with Gasteiger partial charge in [-0.05, 0) is 50.1 Å². The Bertz CT molecular complexity index is 249. The standard InChI is InChI=1S/C11H21NO2S/c1-11(2)6-4-5-8(7-11)9(10(13)14)15-12-3/h10,12-14H,4-7H2,1-3H3/b9-8+. The normalized spacial score (nSPS) is 24.4. The topological polar surface area (TPSA) is 52.5 Å². The Morgan fingerprint density at radius 1 is 1.47 bits per heavy atom. The summed E-state index contributed by atoms with van der Waals surface area (Å²) in [5.74, 6) is 0. The Morgan fingerprint density at radius 2 is 2.13 bits per heavy atom. The van der Waals surface area contributed by atoms with Gasteiger partial charge in [0.05, 0.1) is 4.91 Å². The molecular formula is C11H21NO2S. The fourth-order valence-corrected chi connectivity index (χ4v) is 2.81. The third-order valence-electron chi connectivity index (χ3n) is 2.82. The molecule has 0 aromatic heterocycles. The van der Waals surface area contributed by atoms with Crippen molar-refractivity contribution >= 4 is 11.9 Å². The third-order valence-corrected chi connectivity index (χ3v) is 3.74. The number of rotatable bonds is 3. The maximum atomic E-state index is 9.30. The van der Waals surface area contributed by atoms with Gasteiger partial charge in [-0.15, -0.1) is 0 Å². The zero-order valence-corrected chi connectivity index (χ0v) is 10.5. The van der Waals surface area contributed by atoms with E-state index in [1.807, 2.05) is 0 Å². The van der Waals surface area contributed by atoms with E-state index in [0.717, 1.165) is 19.3 Å². The molecule has 1 aliphatic carbocycles. The summed E-state index contributed by atoms with van der Waals surface area (Å²) in [4.78, 5) is 0.685. The van der Waals surface area contributed by atoms with E-state index >= 15 is 0 Å². The summed E-state index contributed by atoms with van der Waals surface area (Å²) in [6.45, 7) is 4.47. The summed E-state index contributed by atoms with van der Waals surface area (Å²) in [5, 5.41) is 18.6. The molecule has 0 saturated heterocycles. The molecule has 0 radical (unpaired) electrons. The van der Waals surface area contributed by atoms with Gasteiger partial charge in [0.15, 0.2) is 6.29 Å². The van der Waals surface area contributed by atoms with Crippen molar-refractivity contribution in [3.63, 3.8) is 0 Å². The van der Waals surface area contributed by atoms with E-state index in [9.17, 15) is 10.2 Å². The zero-order chi connectivity index (χ0) is 11.5. The summed E-state index contributed by atoms with van der Waals surface area (Å²) in [7, 11) is 1.79. The van der Waals surface area contributed by atoms with Crippen molar-refractivity contribution < 1.29 is 10.2 Å². The molecule has 3 N–H and O–H groups in total. The van der Waals surface area contributed by atoms with Gasteiger partial charge in [0.1, 0.15) is 0 Å². The molecule has 0 heterocycles. The Kier molecular flexibility index (Phi) is 4.64. The highest BCUT2D eigenvalue weighted by atomic mass is 32.2. The molecule has 1 rings (SSSR count). The Labute approximate surface area is 96.1 Å². The van der Waals surface area contributed by atoms with Gasteiger partial charge in [0, 0.05) is 0 Å². The fourth-order valence-electron chi connectivity index (χ4n) is 2.16. The van der Waals surface area contributed by atoms with Crippen molar-refractivity contribution in [2.75, 3.05) is 7.05 Å². The number of allylic oxidation sites excluding steroid dienone is 1. The molecule has 0 bridgehead atoms. The predicted octanol–water partition coefficient (Wildman–Crippen LogP) is 2.02. The Morgan fingerprint density at radius 3 is 2.60 bits per heavy atom. The Hall–Kier alpha value is -0.0300. The van der Waals surface area contributed by atoms with Gasteiger partial charge in [-0.25, -0.2) is 0 Å². The number of aliphatic hydroxyl groups excluding tert-OH is 1. The molecule has 3 nitrogen and oxygen atoms in total. The van der Waals surface area contributed by atoms with Crippen LogP contribution in [0.1, 0.15) is 39.5 Å². The average Bonchev–Trinajstić information content (AvgIpc) is 2.11. The van der Waals surface area contributed by atoms with Gasteiger partial charge >= 0.3 is 0 Å². The van der Waals surface area contributed by atoms with Crippen LogP contribution in [0.15, 0.2) is 10.5 Å². The van der Waals surface area contributed by atoms with E-state index < -0.39 is 6.29 Å². The van der Waals surface area contributed by atoms with E-state index in [-0.39, 0.29) is 0 Å². The van der Waals surface area contributed by atoms with Gasteiger partial charge in [0.25, 0.3) is 0 Å². The quantitative estimate of drug-likeness (QED) is 0.514. The lowest BCUT2D eigenvalue weighted by molar-refractivity contribution is -0.00232. The summed E-state index contributed by atoms with van der Waals surface area (Å²) < 4.78 is 2.91. The summed E-state index contributed by atoms with van der Waals surface area (Å²) in [6, 6.07) is 0. The molecule has 1 fully saturated rings. The zero-order valence-electron chi connectivity index (χ0n) is 9.71.